The molecule has 1 aromatic heterocycles. The van der Waals surface area contributed by atoms with Crippen molar-refractivity contribution in [1.82, 2.24) is 14.5 Å². The van der Waals surface area contributed by atoms with Crippen LogP contribution < -0.4 is 11.2 Å². The predicted molar refractivity (Wildman–Crippen MR) is 92.2 cm³/mol. The molecule has 1 aliphatic heterocycles. The van der Waals surface area contributed by atoms with Crippen LogP contribution in [0.2, 0.25) is 0 Å². The van der Waals surface area contributed by atoms with Crippen LogP contribution in [-0.4, -0.2) is 92.0 Å². The van der Waals surface area contributed by atoms with Gasteiger partial charge in [0.2, 0.25) is 0 Å². The summed E-state index contributed by atoms with van der Waals surface area (Å²) in [6.07, 6.45) is -1.99. The quantitative estimate of drug-likeness (QED) is 0.472. The van der Waals surface area contributed by atoms with Gasteiger partial charge in [0, 0.05) is 25.9 Å². The first-order valence-electron chi connectivity index (χ1n) is 8.42. The first-order valence-corrected chi connectivity index (χ1v) is 8.42. The van der Waals surface area contributed by atoms with Crippen molar-refractivity contribution in [3.8, 4) is 0 Å². The summed E-state index contributed by atoms with van der Waals surface area (Å²) in [5, 5.41) is 10.5. The average Bonchev–Trinajstić information content (AvgIpc) is 2.87. The summed E-state index contributed by atoms with van der Waals surface area (Å²) >= 11 is 0. The van der Waals surface area contributed by atoms with E-state index in [0.29, 0.717) is 13.2 Å². The van der Waals surface area contributed by atoms with Crippen molar-refractivity contribution in [3.05, 3.63) is 33.1 Å². The second kappa shape index (κ2) is 9.95. The zero-order valence-corrected chi connectivity index (χ0v) is 15.3. The van der Waals surface area contributed by atoms with Crippen molar-refractivity contribution < 1.29 is 24.1 Å². The van der Waals surface area contributed by atoms with E-state index in [9.17, 15) is 14.7 Å². The Hall–Kier alpha value is -1.56. The third-order valence-corrected chi connectivity index (χ3v) is 3.99. The summed E-state index contributed by atoms with van der Waals surface area (Å²) in [6.45, 7) is 2.08. The van der Waals surface area contributed by atoms with Gasteiger partial charge in [0.1, 0.15) is 18.3 Å². The van der Waals surface area contributed by atoms with E-state index in [2.05, 4.69) is 4.98 Å². The Labute approximate surface area is 151 Å². The first kappa shape index (κ1) is 20.7. The van der Waals surface area contributed by atoms with Crippen LogP contribution in [0.25, 0.3) is 0 Å². The van der Waals surface area contributed by atoms with E-state index in [0.717, 1.165) is 6.54 Å². The van der Waals surface area contributed by atoms with Gasteiger partial charge in [0.25, 0.3) is 5.56 Å². The molecular weight excluding hydrogens is 346 g/mol. The van der Waals surface area contributed by atoms with Crippen LogP contribution in [0.1, 0.15) is 6.23 Å². The van der Waals surface area contributed by atoms with Crippen LogP contribution >= 0.6 is 0 Å². The molecule has 0 saturated carbocycles. The van der Waals surface area contributed by atoms with Crippen LogP contribution in [-0.2, 0) is 18.9 Å². The SMILES string of the molecule is COC[C@H]1O[C@@H](n2ccc(=O)[nH]c2=O)[C@H](OCCOCCN(C)C)[C@@H]1O. The highest BCUT2D eigenvalue weighted by molar-refractivity contribution is 4.94. The Morgan fingerprint density at radius 3 is 2.73 bits per heavy atom. The Morgan fingerprint density at radius 2 is 2.08 bits per heavy atom. The molecule has 0 unspecified atom stereocenters. The molecule has 4 atom stereocenters. The van der Waals surface area contributed by atoms with E-state index in [1.165, 1.54) is 23.9 Å². The molecule has 2 heterocycles. The topological polar surface area (TPSA) is 115 Å². The molecule has 26 heavy (non-hydrogen) atoms. The lowest BCUT2D eigenvalue weighted by Gasteiger charge is -2.22. The third kappa shape index (κ3) is 5.47. The number of methoxy groups -OCH3 is 1. The Morgan fingerprint density at radius 1 is 1.31 bits per heavy atom. The number of aromatic amines is 1. The van der Waals surface area contributed by atoms with Gasteiger partial charge in [-0.15, -0.1) is 0 Å². The van der Waals surface area contributed by atoms with Gasteiger partial charge in [-0.2, -0.15) is 0 Å². The van der Waals surface area contributed by atoms with E-state index < -0.39 is 35.8 Å². The first-order chi connectivity index (χ1) is 12.4. The minimum absolute atomic E-state index is 0.148. The van der Waals surface area contributed by atoms with Crippen molar-refractivity contribution >= 4 is 0 Å². The predicted octanol–water partition coefficient (Wildman–Crippen LogP) is -1.60. The highest BCUT2D eigenvalue weighted by atomic mass is 16.6. The van der Waals surface area contributed by atoms with Gasteiger partial charge in [0.05, 0.1) is 26.4 Å². The van der Waals surface area contributed by atoms with Crippen molar-refractivity contribution in [1.29, 1.82) is 0 Å². The lowest BCUT2D eigenvalue weighted by molar-refractivity contribution is -0.0857. The van der Waals surface area contributed by atoms with E-state index in [4.69, 9.17) is 18.9 Å². The Kier molecular flexibility index (Phi) is 7.94. The molecule has 1 fully saturated rings. The molecule has 1 aliphatic rings. The summed E-state index contributed by atoms with van der Waals surface area (Å²) in [4.78, 5) is 27.5. The average molecular weight is 373 g/mol. The summed E-state index contributed by atoms with van der Waals surface area (Å²) in [6, 6.07) is 1.21. The lowest BCUT2D eigenvalue weighted by Crippen LogP contribution is -2.40. The molecule has 0 spiro atoms. The Balaban J connectivity index is 2.01. The molecular formula is C16H27N3O7. The van der Waals surface area contributed by atoms with Crippen molar-refractivity contribution in [2.45, 2.75) is 24.5 Å². The fraction of sp³-hybridized carbons (Fsp3) is 0.750. The molecule has 1 saturated heterocycles. The summed E-state index contributed by atoms with van der Waals surface area (Å²) in [5.41, 5.74) is -1.14. The molecule has 0 aromatic carbocycles. The molecule has 2 N–H and O–H groups in total. The zero-order chi connectivity index (χ0) is 19.1. The minimum Gasteiger partial charge on any atom is -0.387 e. The van der Waals surface area contributed by atoms with E-state index in [1.54, 1.807) is 0 Å². The van der Waals surface area contributed by atoms with Gasteiger partial charge in [0.15, 0.2) is 6.23 Å². The number of aromatic nitrogens is 2. The maximum Gasteiger partial charge on any atom is 0.330 e. The molecule has 148 valence electrons. The number of nitrogens with zero attached hydrogens (tertiary/aromatic N) is 2. The van der Waals surface area contributed by atoms with Crippen LogP contribution in [0.3, 0.4) is 0 Å². The van der Waals surface area contributed by atoms with Gasteiger partial charge in [-0.25, -0.2) is 4.79 Å². The molecule has 2 rings (SSSR count). The lowest BCUT2D eigenvalue weighted by atomic mass is 10.1. The number of aliphatic hydroxyl groups is 1. The van der Waals surface area contributed by atoms with Gasteiger partial charge in [-0.05, 0) is 14.1 Å². The molecule has 10 heteroatoms. The van der Waals surface area contributed by atoms with E-state index in [1.807, 2.05) is 19.0 Å². The maximum atomic E-state index is 12.1. The monoisotopic (exact) mass is 373 g/mol. The smallest absolute Gasteiger partial charge is 0.330 e. The van der Waals surface area contributed by atoms with Crippen LogP contribution in [0.5, 0.6) is 0 Å². The highest BCUT2D eigenvalue weighted by Crippen LogP contribution is 2.30. The summed E-state index contributed by atoms with van der Waals surface area (Å²) < 4.78 is 23.2. The fourth-order valence-corrected chi connectivity index (χ4v) is 2.64. The molecule has 1 aromatic rings. The van der Waals surface area contributed by atoms with Gasteiger partial charge in [-0.3, -0.25) is 14.3 Å². The summed E-state index contributed by atoms with van der Waals surface area (Å²) in [5.74, 6) is 0. The van der Waals surface area contributed by atoms with Crippen molar-refractivity contribution in [2.75, 3.05) is 54.2 Å². The number of hydrogen-bond acceptors (Lipinski definition) is 8. The van der Waals surface area contributed by atoms with Crippen molar-refractivity contribution in [3.63, 3.8) is 0 Å². The molecule has 0 bridgehead atoms. The summed E-state index contributed by atoms with van der Waals surface area (Å²) in [7, 11) is 5.40. The molecule has 0 aliphatic carbocycles. The molecule has 0 radical (unpaired) electrons. The number of ether oxygens (including phenoxy) is 4. The van der Waals surface area contributed by atoms with Crippen molar-refractivity contribution in [2.24, 2.45) is 0 Å². The largest absolute Gasteiger partial charge is 0.387 e. The maximum absolute atomic E-state index is 12.1. The van der Waals surface area contributed by atoms with Crippen LogP contribution in [0.15, 0.2) is 21.9 Å². The van der Waals surface area contributed by atoms with Gasteiger partial charge in [-0.1, -0.05) is 0 Å². The molecule has 10 nitrogen and oxygen atoms in total. The van der Waals surface area contributed by atoms with E-state index >= 15 is 0 Å². The number of likely N-dealkylation sites (N-methyl/N-ethyl adjacent to an activating group) is 1. The number of nitrogens with one attached hydrogen (secondary N) is 1. The van der Waals surface area contributed by atoms with Crippen LogP contribution in [0, 0.1) is 0 Å². The number of H-pyrrole nitrogens is 1. The van der Waals surface area contributed by atoms with Gasteiger partial charge < -0.3 is 29.0 Å². The highest BCUT2D eigenvalue weighted by Gasteiger charge is 2.45. The standard InChI is InChI=1S/C16H27N3O7/c1-18(2)6-7-24-8-9-25-14-13(21)11(10-23-3)26-15(14)19-5-4-12(20)17-16(19)22/h4-5,11,13-15,21H,6-10H2,1-3H3,(H,17,20,22)/t11-,13-,14-,15-/m1/s1. The van der Waals surface area contributed by atoms with E-state index in [-0.39, 0.29) is 13.2 Å². The minimum atomic E-state index is -0.986. The third-order valence-electron chi connectivity index (χ3n) is 3.99. The van der Waals surface area contributed by atoms with Gasteiger partial charge >= 0.3 is 5.69 Å². The zero-order valence-electron chi connectivity index (χ0n) is 15.3. The fourth-order valence-electron chi connectivity index (χ4n) is 2.64. The second-order valence-corrected chi connectivity index (χ2v) is 6.28. The second-order valence-electron chi connectivity index (χ2n) is 6.28. The number of hydrogen-bond donors (Lipinski definition) is 2. The number of rotatable bonds is 10. The Bertz CT molecular complexity index is 660. The normalized spacial score (nSPS) is 25.9. The van der Waals surface area contributed by atoms with Crippen LogP contribution in [0.4, 0.5) is 0 Å². The number of aliphatic hydroxyl groups excluding tert-OH is 1. The molecule has 0 amide bonds.